The molecule has 0 heterocycles. The molecule has 2 N–H and O–H groups in total. The van der Waals surface area contributed by atoms with E-state index in [9.17, 15) is 0 Å². The van der Waals surface area contributed by atoms with E-state index in [1.807, 2.05) is 18.2 Å². The monoisotopic (exact) mass is 205 g/mol. The van der Waals surface area contributed by atoms with E-state index in [1.54, 1.807) is 0 Å². The van der Waals surface area contributed by atoms with Gasteiger partial charge in [0, 0.05) is 5.69 Å². The maximum Gasteiger partial charge on any atom is 0.0721 e. The Bertz CT molecular complexity index is 305. The summed E-state index contributed by atoms with van der Waals surface area (Å²) in [7, 11) is 0. The highest BCUT2D eigenvalue weighted by molar-refractivity contribution is 5.40. The Hall–Kier alpha value is -1.02. The van der Waals surface area contributed by atoms with Crippen LogP contribution in [0.1, 0.15) is 37.7 Å². The van der Waals surface area contributed by atoms with Gasteiger partial charge in [-0.2, -0.15) is 0 Å². The van der Waals surface area contributed by atoms with Gasteiger partial charge >= 0.3 is 0 Å². The van der Waals surface area contributed by atoms with E-state index >= 15 is 0 Å². The highest BCUT2D eigenvalue weighted by atomic mass is 16.5. The lowest BCUT2D eigenvalue weighted by molar-refractivity contribution is 0.0169. The van der Waals surface area contributed by atoms with Crippen LogP contribution in [0.15, 0.2) is 24.3 Å². The van der Waals surface area contributed by atoms with Gasteiger partial charge in [0.2, 0.25) is 0 Å². The molecule has 0 atom stereocenters. The first-order chi connectivity index (χ1) is 7.34. The summed E-state index contributed by atoms with van der Waals surface area (Å²) in [6, 6.07) is 7.95. The predicted molar refractivity (Wildman–Crippen MR) is 62.5 cm³/mol. The molecule has 0 radical (unpaired) electrons. The van der Waals surface area contributed by atoms with Gasteiger partial charge in [0.1, 0.15) is 0 Å². The zero-order valence-corrected chi connectivity index (χ0v) is 9.11. The lowest BCUT2D eigenvalue weighted by atomic mass is 9.98. The van der Waals surface area contributed by atoms with Crippen molar-refractivity contribution in [3.05, 3.63) is 29.8 Å². The number of anilines is 1. The van der Waals surface area contributed by atoms with E-state index in [0.717, 1.165) is 5.69 Å². The van der Waals surface area contributed by atoms with Crippen LogP contribution in [0.2, 0.25) is 0 Å². The molecule has 2 nitrogen and oxygen atoms in total. The third-order valence-electron chi connectivity index (χ3n) is 2.99. The van der Waals surface area contributed by atoms with E-state index < -0.39 is 0 Å². The minimum absolute atomic E-state index is 0.472. The zero-order valence-electron chi connectivity index (χ0n) is 9.11. The predicted octanol–water partition coefficient (Wildman–Crippen LogP) is 3.12. The summed E-state index contributed by atoms with van der Waals surface area (Å²) >= 11 is 0. The normalized spacial score (nSPS) is 17.9. The van der Waals surface area contributed by atoms with Crippen molar-refractivity contribution in [2.45, 2.75) is 44.8 Å². The Morgan fingerprint density at radius 3 is 2.73 bits per heavy atom. The largest absolute Gasteiger partial charge is 0.399 e. The average Bonchev–Trinajstić information content (AvgIpc) is 2.28. The fourth-order valence-corrected chi connectivity index (χ4v) is 2.13. The highest BCUT2D eigenvalue weighted by Crippen LogP contribution is 2.21. The summed E-state index contributed by atoms with van der Waals surface area (Å²) in [6.07, 6.45) is 6.94. The molecule has 1 aliphatic rings. The van der Waals surface area contributed by atoms with Crippen LogP contribution >= 0.6 is 0 Å². The SMILES string of the molecule is Nc1cccc(COC2CCCCC2)c1. The number of benzene rings is 1. The summed E-state index contributed by atoms with van der Waals surface area (Å²) in [5.74, 6) is 0. The van der Waals surface area contributed by atoms with Gasteiger partial charge in [-0.05, 0) is 30.5 Å². The van der Waals surface area contributed by atoms with Gasteiger partial charge in [0.25, 0.3) is 0 Å². The van der Waals surface area contributed by atoms with Crippen LogP contribution in [0.3, 0.4) is 0 Å². The summed E-state index contributed by atoms with van der Waals surface area (Å²) in [5, 5.41) is 0. The number of hydrogen-bond acceptors (Lipinski definition) is 2. The number of hydrogen-bond donors (Lipinski definition) is 1. The topological polar surface area (TPSA) is 35.2 Å². The van der Waals surface area contributed by atoms with E-state index in [2.05, 4.69) is 6.07 Å². The molecule has 0 spiro atoms. The van der Waals surface area contributed by atoms with Gasteiger partial charge in [-0.3, -0.25) is 0 Å². The van der Waals surface area contributed by atoms with Gasteiger partial charge in [0.05, 0.1) is 12.7 Å². The number of ether oxygens (including phenoxy) is 1. The van der Waals surface area contributed by atoms with E-state index in [0.29, 0.717) is 12.7 Å². The van der Waals surface area contributed by atoms with Gasteiger partial charge < -0.3 is 10.5 Å². The Morgan fingerprint density at radius 2 is 2.00 bits per heavy atom. The smallest absolute Gasteiger partial charge is 0.0721 e. The molecular weight excluding hydrogens is 186 g/mol. The van der Waals surface area contributed by atoms with Crippen molar-refractivity contribution in [1.29, 1.82) is 0 Å². The van der Waals surface area contributed by atoms with E-state index in [4.69, 9.17) is 10.5 Å². The molecule has 2 heteroatoms. The number of nitrogen functional groups attached to an aromatic ring is 1. The van der Waals surface area contributed by atoms with Gasteiger partial charge in [0.15, 0.2) is 0 Å². The van der Waals surface area contributed by atoms with Crippen molar-refractivity contribution >= 4 is 5.69 Å². The second-order valence-electron chi connectivity index (χ2n) is 4.32. The molecule has 0 amide bonds. The van der Waals surface area contributed by atoms with E-state index in [-0.39, 0.29) is 0 Å². The molecule has 1 aromatic carbocycles. The van der Waals surface area contributed by atoms with Crippen molar-refractivity contribution in [3.8, 4) is 0 Å². The van der Waals surface area contributed by atoms with Gasteiger partial charge in [-0.1, -0.05) is 31.4 Å². The Morgan fingerprint density at radius 1 is 1.20 bits per heavy atom. The molecule has 1 aliphatic carbocycles. The minimum atomic E-state index is 0.472. The summed E-state index contributed by atoms with van der Waals surface area (Å²) in [5.41, 5.74) is 7.71. The maximum absolute atomic E-state index is 5.87. The van der Waals surface area contributed by atoms with Crippen molar-refractivity contribution in [1.82, 2.24) is 0 Å². The second kappa shape index (κ2) is 5.17. The summed E-state index contributed by atoms with van der Waals surface area (Å²) in [6.45, 7) is 0.704. The molecule has 0 aliphatic heterocycles. The van der Waals surface area contributed by atoms with Crippen LogP contribution in [-0.2, 0) is 11.3 Å². The minimum Gasteiger partial charge on any atom is -0.399 e. The Labute approximate surface area is 91.4 Å². The molecule has 82 valence electrons. The van der Waals surface area contributed by atoms with Crippen molar-refractivity contribution in [3.63, 3.8) is 0 Å². The lowest BCUT2D eigenvalue weighted by Gasteiger charge is -2.22. The zero-order chi connectivity index (χ0) is 10.5. The Kier molecular flexibility index (Phi) is 3.62. The van der Waals surface area contributed by atoms with Gasteiger partial charge in [-0.15, -0.1) is 0 Å². The molecule has 0 aromatic heterocycles. The molecule has 0 bridgehead atoms. The van der Waals surface area contributed by atoms with Crippen molar-refractivity contribution < 1.29 is 4.74 Å². The summed E-state index contributed by atoms with van der Waals surface area (Å²) in [4.78, 5) is 0. The first-order valence-corrected chi connectivity index (χ1v) is 5.80. The van der Waals surface area contributed by atoms with Crippen LogP contribution in [0.4, 0.5) is 5.69 Å². The van der Waals surface area contributed by atoms with Crippen LogP contribution in [0.25, 0.3) is 0 Å². The first-order valence-electron chi connectivity index (χ1n) is 5.80. The van der Waals surface area contributed by atoms with Crippen LogP contribution in [0, 0.1) is 0 Å². The molecule has 15 heavy (non-hydrogen) atoms. The van der Waals surface area contributed by atoms with Crippen LogP contribution in [0.5, 0.6) is 0 Å². The Balaban J connectivity index is 1.81. The summed E-state index contributed by atoms with van der Waals surface area (Å²) < 4.78 is 5.87. The fraction of sp³-hybridized carbons (Fsp3) is 0.538. The van der Waals surface area contributed by atoms with Crippen LogP contribution in [-0.4, -0.2) is 6.10 Å². The quantitative estimate of drug-likeness (QED) is 0.769. The third kappa shape index (κ3) is 3.24. The number of nitrogens with two attached hydrogens (primary N) is 1. The van der Waals surface area contributed by atoms with Gasteiger partial charge in [-0.25, -0.2) is 0 Å². The average molecular weight is 205 g/mol. The molecule has 0 saturated heterocycles. The molecule has 1 saturated carbocycles. The fourth-order valence-electron chi connectivity index (χ4n) is 2.13. The van der Waals surface area contributed by atoms with Crippen LogP contribution < -0.4 is 5.73 Å². The third-order valence-corrected chi connectivity index (χ3v) is 2.99. The first kappa shape index (κ1) is 10.5. The lowest BCUT2D eigenvalue weighted by Crippen LogP contribution is -2.16. The van der Waals surface area contributed by atoms with Crippen molar-refractivity contribution in [2.24, 2.45) is 0 Å². The number of rotatable bonds is 3. The maximum atomic E-state index is 5.87. The second-order valence-corrected chi connectivity index (χ2v) is 4.32. The standard InChI is InChI=1S/C13H19NO/c14-12-6-4-5-11(9-12)10-15-13-7-2-1-3-8-13/h4-6,9,13H,1-3,7-8,10,14H2. The molecule has 1 fully saturated rings. The molecule has 0 unspecified atom stereocenters. The highest BCUT2D eigenvalue weighted by Gasteiger charge is 2.13. The molecule has 1 aromatic rings. The van der Waals surface area contributed by atoms with Crippen molar-refractivity contribution in [2.75, 3.05) is 5.73 Å². The molecule has 2 rings (SSSR count). The molecular formula is C13H19NO. The van der Waals surface area contributed by atoms with E-state index in [1.165, 1.54) is 37.7 Å².